The van der Waals surface area contributed by atoms with Crippen molar-refractivity contribution in [3.8, 4) is 0 Å². The molecule has 2 nitrogen and oxygen atoms in total. The summed E-state index contributed by atoms with van der Waals surface area (Å²) in [5.41, 5.74) is 0. The smallest absolute Gasteiger partial charge is 0.0107 e. The molecule has 0 aromatic carbocycles. The molecule has 0 fully saturated rings. The van der Waals surface area contributed by atoms with Crippen molar-refractivity contribution in [2.24, 2.45) is 5.92 Å². The van der Waals surface area contributed by atoms with E-state index in [1.807, 2.05) is 0 Å². The Morgan fingerprint density at radius 2 is 1.47 bits per heavy atom. The minimum Gasteiger partial charge on any atom is -0.313 e. The molecule has 92 valence electrons. The summed E-state index contributed by atoms with van der Waals surface area (Å²) in [5.74, 6) is 0.732. The van der Waals surface area contributed by atoms with E-state index in [0.29, 0.717) is 6.04 Å². The molecule has 0 aromatic heterocycles. The average molecular weight is 214 g/mol. The molecule has 0 aliphatic carbocycles. The fraction of sp³-hybridized carbons (Fsp3) is 1.00. The zero-order valence-electron chi connectivity index (χ0n) is 11.3. The van der Waals surface area contributed by atoms with Crippen LogP contribution >= 0.6 is 0 Å². The lowest BCUT2D eigenvalue weighted by Gasteiger charge is -2.23. The van der Waals surface area contributed by atoms with Crippen LogP contribution in [0.1, 0.15) is 47.5 Å². The van der Waals surface area contributed by atoms with E-state index in [1.54, 1.807) is 0 Å². The number of nitrogens with one attached hydrogen (secondary N) is 1. The number of rotatable bonds is 9. The third-order valence-corrected chi connectivity index (χ3v) is 2.97. The second-order valence-corrected chi connectivity index (χ2v) is 4.83. The summed E-state index contributed by atoms with van der Waals surface area (Å²) >= 11 is 0. The normalized spacial score (nSPS) is 13.8. The summed E-state index contributed by atoms with van der Waals surface area (Å²) in [5, 5.41) is 3.59. The van der Waals surface area contributed by atoms with Gasteiger partial charge >= 0.3 is 0 Å². The standard InChI is InChI=1S/C13H30N2/c1-6-9-15(10-7-2)11-8-14-13(5)12(3)4/h12-14H,6-11H2,1-5H3. The van der Waals surface area contributed by atoms with Crippen LogP contribution in [-0.2, 0) is 0 Å². The van der Waals surface area contributed by atoms with E-state index in [0.717, 1.165) is 12.5 Å². The van der Waals surface area contributed by atoms with Gasteiger partial charge in [0.05, 0.1) is 0 Å². The molecule has 0 saturated carbocycles. The first kappa shape index (κ1) is 14.9. The van der Waals surface area contributed by atoms with Gasteiger partial charge in [0, 0.05) is 19.1 Å². The minimum atomic E-state index is 0.634. The van der Waals surface area contributed by atoms with E-state index in [2.05, 4.69) is 44.8 Å². The highest BCUT2D eigenvalue weighted by molar-refractivity contribution is 4.66. The second-order valence-electron chi connectivity index (χ2n) is 4.83. The Bertz CT molecular complexity index is 128. The Labute approximate surface area is 96.4 Å². The quantitative estimate of drug-likeness (QED) is 0.635. The Morgan fingerprint density at radius 3 is 1.87 bits per heavy atom. The van der Waals surface area contributed by atoms with Gasteiger partial charge in [0.15, 0.2) is 0 Å². The lowest BCUT2D eigenvalue weighted by atomic mass is 10.1. The van der Waals surface area contributed by atoms with Crippen molar-refractivity contribution < 1.29 is 0 Å². The lowest BCUT2D eigenvalue weighted by Crippen LogP contribution is -2.38. The van der Waals surface area contributed by atoms with Crippen LogP contribution in [0.15, 0.2) is 0 Å². The monoisotopic (exact) mass is 214 g/mol. The van der Waals surface area contributed by atoms with Gasteiger partial charge in [-0.2, -0.15) is 0 Å². The molecular weight excluding hydrogens is 184 g/mol. The summed E-state index contributed by atoms with van der Waals surface area (Å²) in [6, 6.07) is 0.634. The Hall–Kier alpha value is -0.0800. The van der Waals surface area contributed by atoms with Crippen molar-refractivity contribution in [1.82, 2.24) is 10.2 Å². The summed E-state index contributed by atoms with van der Waals surface area (Å²) in [4.78, 5) is 2.56. The van der Waals surface area contributed by atoms with E-state index >= 15 is 0 Å². The van der Waals surface area contributed by atoms with Gasteiger partial charge in [-0.15, -0.1) is 0 Å². The molecule has 2 heteroatoms. The molecule has 0 saturated heterocycles. The molecule has 1 N–H and O–H groups in total. The van der Waals surface area contributed by atoms with Crippen molar-refractivity contribution in [1.29, 1.82) is 0 Å². The van der Waals surface area contributed by atoms with Gasteiger partial charge in [-0.25, -0.2) is 0 Å². The van der Waals surface area contributed by atoms with Gasteiger partial charge < -0.3 is 10.2 Å². The molecule has 0 radical (unpaired) electrons. The summed E-state index contributed by atoms with van der Waals surface area (Å²) in [6.07, 6.45) is 2.53. The molecule has 15 heavy (non-hydrogen) atoms. The van der Waals surface area contributed by atoms with E-state index in [4.69, 9.17) is 0 Å². The van der Waals surface area contributed by atoms with Crippen molar-refractivity contribution >= 4 is 0 Å². The Balaban J connectivity index is 3.60. The highest BCUT2D eigenvalue weighted by Crippen LogP contribution is 1.99. The molecule has 0 bridgehead atoms. The topological polar surface area (TPSA) is 15.3 Å². The third-order valence-electron chi connectivity index (χ3n) is 2.97. The van der Waals surface area contributed by atoms with Crippen LogP contribution in [0.2, 0.25) is 0 Å². The molecule has 0 amide bonds. The van der Waals surface area contributed by atoms with E-state index < -0.39 is 0 Å². The fourth-order valence-corrected chi connectivity index (χ4v) is 1.65. The molecule has 0 heterocycles. The Morgan fingerprint density at radius 1 is 0.933 bits per heavy atom. The van der Waals surface area contributed by atoms with Crippen LogP contribution in [0.4, 0.5) is 0 Å². The first-order chi connectivity index (χ1) is 7.11. The van der Waals surface area contributed by atoms with Gasteiger partial charge in [-0.1, -0.05) is 27.7 Å². The predicted molar refractivity (Wildman–Crippen MR) is 69.3 cm³/mol. The SMILES string of the molecule is CCCN(CCC)CCNC(C)C(C)C. The van der Waals surface area contributed by atoms with Crippen molar-refractivity contribution in [3.05, 3.63) is 0 Å². The van der Waals surface area contributed by atoms with Crippen LogP contribution < -0.4 is 5.32 Å². The van der Waals surface area contributed by atoms with Gasteiger partial charge in [0.25, 0.3) is 0 Å². The molecule has 1 unspecified atom stereocenters. The second kappa shape index (κ2) is 9.17. The van der Waals surface area contributed by atoms with Gasteiger partial charge in [0.2, 0.25) is 0 Å². The van der Waals surface area contributed by atoms with Crippen LogP contribution in [-0.4, -0.2) is 37.1 Å². The highest BCUT2D eigenvalue weighted by atomic mass is 15.1. The van der Waals surface area contributed by atoms with Crippen molar-refractivity contribution in [2.75, 3.05) is 26.2 Å². The number of nitrogens with zero attached hydrogens (tertiary/aromatic N) is 1. The third kappa shape index (κ3) is 7.80. The molecule has 0 aliphatic heterocycles. The Kier molecular flexibility index (Phi) is 9.12. The van der Waals surface area contributed by atoms with Crippen LogP contribution in [0.3, 0.4) is 0 Å². The molecule has 0 aliphatic rings. The maximum Gasteiger partial charge on any atom is 0.0107 e. The molecule has 0 aromatic rings. The zero-order chi connectivity index (χ0) is 11.7. The van der Waals surface area contributed by atoms with Crippen LogP contribution in [0.25, 0.3) is 0 Å². The summed E-state index contributed by atoms with van der Waals surface area (Å²) in [7, 11) is 0. The maximum absolute atomic E-state index is 3.59. The minimum absolute atomic E-state index is 0.634. The molecule has 0 spiro atoms. The van der Waals surface area contributed by atoms with Crippen LogP contribution in [0.5, 0.6) is 0 Å². The predicted octanol–water partition coefficient (Wildman–Crippen LogP) is 2.74. The average Bonchev–Trinajstić information content (AvgIpc) is 2.18. The zero-order valence-corrected chi connectivity index (χ0v) is 11.3. The van der Waals surface area contributed by atoms with Crippen LogP contribution in [0, 0.1) is 5.92 Å². The van der Waals surface area contributed by atoms with Crippen molar-refractivity contribution in [3.63, 3.8) is 0 Å². The largest absolute Gasteiger partial charge is 0.313 e. The fourth-order valence-electron chi connectivity index (χ4n) is 1.65. The molecular formula is C13H30N2. The number of hydrogen-bond donors (Lipinski definition) is 1. The summed E-state index contributed by atoms with van der Waals surface area (Å²) in [6.45, 7) is 16.1. The summed E-state index contributed by atoms with van der Waals surface area (Å²) < 4.78 is 0. The van der Waals surface area contributed by atoms with E-state index in [-0.39, 0.29) is 0 Å². The van der Waals surface area contributed by atoms with E-state index in [1.165, 1.54) is 32.5 Å². The first-order valence-corrected chi connectivity index (χ1v) is 6.57. The van der Waals surface area contributed by atoms with Gasteiger partial charge in [-0.05, 0) is 38.8 Å². The lowest BCUT2D eigenvalue weighted by molar-refractivity contribution is 0.265. The van der Waals surface area contributed by atoms with Crippen molar-refractivity contribution in [2.45, 2.75) is 53.5 Å². The number of hydrogen-bond acceptors (Lipinski definition) is 2. The van der Waals surface area contributed by atoms with Gasteiger partial charge in [-0.3, -0.25) is 0 Å². The van der Waals surface area contributed by atoms with Gasteiger partial charge in [0.1, 0.15) is 0 Å². The van der Waals surface area contributed by atoms with E-state index in [9.17, 15) is 0 Å². The highest BCUT2D eigenvalue weighted by Gasteiger charge is 2.06. The molecule has 1 atom stereocenters. The molecule has 0 rings (SSSR count). The first-order valence-electron chi connectivity index (χ1n) is 6.57. The maximum atomic E-state index is 3.59.